The molecule has 0 aliphatic carbocycles. The first-order valence-corrected chi connectivity index (χ1v) is 11.1. The Bertz CT molecular complexity index is 957. The topological polar surface area (TPSA) is 34.1 Å². The summed E-state index contributed by atoms with van der Waals surface area (Å²) in [5, 5.41) is 0.489. The molecular weight excluding hydrogens is 380 g/mol. The largest absolute Gasteiger partial charge is 0.218 e. The predicted octanol–water partition coefficient (Wildman–Crippen LogP) is 5.93. The van der Waals surface area contributed by atoms with Crippen LogP contribution in [-0.2, 0) is 9.84 Å². The van der Waals surface area contributed by atoms with E-state index in [-0.39, 0.29) is 4.21 Å². The number of aryl methyl sites for hydroxylation is 1. The number of rotatable bonds is 4. The summed E-state index contributed by atoms with van der Waals surface area (Å²) in [7, 11) is -3.58. The Morgan fingerprint density at radius 2 is 1.71 bits per heavy atom. The maximum atomic E-state index is 13.0. The van der Waals surface area contributed by atoms with Gasteiger partial charge in [0.1, 0.15) is 4.21 Å². The third-order valence-corrected chi connectivity index (χ3v) is 8.10. The van der Waals surface area contributed by atoms with Gasteiger partial charge in [0.05, 0.1) is 9.92 Å². The summed E-state index contributed by atoms with van der Waals surface area (Å²) in [5.74, 6) is 0. The van der Waals surface area contributed by atoms with Crippen LogP contribution in [-0.4, -0.2) is 14.7 Å². The second-order valence-corrected chi connectivity index (χ2v) is 9.96. The maximum absolute atomic E-state index is 13.0. The SMILES string of the molecule is CSc1cc(-c2ccccc2)cc(S(=O)(=O)c2cc(Cl)c(C)s2)c1. The average Bonchev–Trinajstić information content (AvgIpc) is 2.95. The zero-order chi connectivity index (χ0) is 17.3. The fourth-order valence-corrected chi connectivity index (χ4v) is 6.05. The Hall–Kier alpha value is -1.27. The normalized spacial score (nSPS) is 11.6. The molecule has 0 aliphatic heterocycles. The Morgan fingerprint density at radius 3 is 2.29 bits per heavy atom. The fourth-order valence-electron chi connectivity index (χ4n) is 2.32. The summed E-state index contributed by atoms with van der Waals surface area (Å²) in [6.07, 6.45) is 1.94. The Balaban J connectivity index is 2.17. The molecule has 3 aromatic rings. The number of hydrogen-bond acceptors (Lipinski definition) is 4. The van der Waals surface area contributed by atoms with E-state index in [1.165, 1.54) is 29.2 Å². The van der Waals surface area contributed by atoms with Crippen LogP contribution >= 0.6 is 34.7 Å². The van der Waals surface area contributed by atoms with Crippen molar-refractivity contribution in [3.05, 3.63) is 64.5 Å². The molecule has 0 bridgehead atoms. The lowest BCUT2D eigenvalue weighted by Gasteiger charge is -2.09. The van der Waals surface area contributed by atoms with Gasteiger partial charge < -0.3 is 0 Å². The molecule has 0 atom stereocenters. The first kappa shape index (κ1) is 17.5. The first-order chi connectivity index (χ1) is 11.4. The van der Waals surface area contributed by atoms with Gasteiger partial charge in [0.25, 0.3) is 0 Å². The third kappa shape index (κ3) is 3.40. The van der Waals surface area contributed by atoms with Crippen LogP contribution in [0.5, 0.6) is 0 Å². The van der Waals surface area contributed by atoms with Gasteiger partial charge in [0, 0.05) is 9.77 Å². The number of thioether (sulfide) groups is 1. The molecule has 0 saturated carbocycles. The van der Waals surface area contributed by atoms with Gasteiger partial charge in [-0.25, -0.2) is 8.42 Å². The average molecular weight is 395 g/mol. The van der Waals surface area contributed by atoms with Crippen LogP contribution in [0.3, 0.4) is 0 Å². The van der Waals surface area contributed by atoms with Crippen LogP contribution in [0, 0.1) is 6.92 Å². The van der Waals surface area contributed by atoms with Crippen LogP contribution < -0.4 is 0 Å². The molecule has 1 heterocycles. The van der Waals surface area contributed by atoms with Crippen molar-refractivity contribution in [3.8, 4) is 11.1 Å². The van der Waals surface area contributed by atoms with E-state index in [0.717, 1.165) is 20.9 Å². The lowest BCUT2D eigenvalue weighted by Crippen LogP contribution is -2.00. The summed E-state index contributed by atoms with van der Waals surface area (Å²) in [6.45, 7) is 1.82. The molecule has 0 radical (unpaired) electrons. The van der Waals surface area contributed by atoms with Crippen molar-refractivity contribution < 1.29 is 8.42 Å². The van der Waals surface area contributed by atoms with Crippen LogP contribution in [0.4, 0.5) is 0 Å². The minimum atomic E-state index is -3.58. The molecule has 6 heteroatoms. The second-order valence-electron chi connectivity index (χ2n) is 5.24. The molecule has 3 rings (SSSR count). The molecule has 124 valence electrons. The van der Waals surface area contributed by atoms with Gasteiger partial charge in [0.2, 0.25) is 9.84 Å². The van der Waals surface area contributed by atoms with E-state index in [0.29, 0.717) is 9.92 Å². The highest BCUT2D eigenvalue weighted by Gasteiger charge is 2.22. The zero-order valence-corrected chi connectivity index (χ0v) is 16.3. The molecule has 1 aromatic heterocycles. The lowest BCUT2D eigenvalue weighted by molar-refractivity contribution is 0.598. The molecular formula is C18H15ClO2S3. The smallest absolute Gasteiger partial charge is 0.216 e. The molecule has 0 spiro atoms. The lowest BCUT2D eigenvalue weighted by atomic mass is 10.1. The zero-order valence-electron chi connectivity index (χ0n) is 13.1. The summed E-state index contributed by atoms with van der Waals surface area (Å²) in [5.41, 5.74) is 1.88. The Kier molecular flexibility index (Phi) is 5.06. The number of thiophene rings is 1. The van der Waals surface area contributed by atoms with E-state index in [4.69, 9.17) is 11.6 Å². The first-order valence-electron chi connectivity index (χ1n) is 7.17. The van der Waals surface area contributed by atoms with Gasteiger partial charge in [-0.3, -0.25) is 0 Å². The standard InChI is InChI=1S/C18H15ClO2S3/c1-12-17(19)11-18(23-12)24(20,21)16-9-14(8-15(10-16)22-2)13-6-4-3-5-7-13/h3-11H,1-2H3. The molecule has 0 aliphatic rings. The van der Waals surface area contributed by atoms with Gasteiger partial charge in [-0.15, -0.1) is 23.1 Å². The Labute approximate surface area is 155 Å². The summed E-state index contributed by atoms with van der Waals surface area (Å²) in [6, 6.07) is 16.8. The van der Waals surface area contributed by atoms with Crippen molar-refractivity contribution in [1.82, 2.24) is 0 Å². The maximum Gasteiger partial charge on any atom is 0.216 e. The van der Waals surface area contributed by atoms with E-state index >= 15 is 0 Å². The van der Waals surface area contributed by atoms with Gasteiger partial charge in [-0.05, 0) is 48.6 Å². The molecule has 2 aromatic carbocycles. The van der Waals surface area contributed by atoms with Crippen LogP contribution in [0.2, 0.25) is 5.02 Å². The molecule has 0 fully saturated rings. The van der Waals surface area contributed by atoms with E-state index in [2.05, 4.69) is 0 Å². The monoisotopic (exact) mass is 394 g/mol. The van der Waals surface area contributed by atoms with Crippen molar-refractivity contribution in [2.24, 2.45) is 0 Å². The van der Waals surface area contributed by atoms with Crippen molar-refractivity contribution in [2.45, 2.75) is 20.9 Å². The van der Waals surface area contributed by atoms with Gasteiger partial charge >= 0.3 is 0 Å². The van der Waals surface area contributed by atoms with Crippen LogP contribution in [0.15, 0.2) is 68.6 Å². The molecule has 0 saturated heterocycles. The van der Waals surface area contributed by atoms with Crippen molar-refractivity contribution >= 4 is 44.5 Å². The summed E-state index contributed by atoms with van der Waals surface area (Å²) >= 11 is 8.78. The minimum Gasteiger partial charge on any atom is -0.218 e. The minimum absolute atomic E-state index is 0.280. The van der Waals surface area contributed by atoms with Crippen molar-refractivity contribution in [2.75, 3.05) is 6.26 Å². The molecule has 24 heavy (non-hydrogen) atoms. The number of sulfone groups is 1. The number of hydrogen-bond donors (Lipinski definition) is 0. The Morgan fingerprint density at radius 1 is 1.00 bits per heavy atom. The summed E-state index contributed by atoms with van der Waals surface area (Å²) in [4.78, 5) is 2.01. The number of benzene rings is 2. The predicted molar refractivity (Wildman–Crippen MR) is 103 cm³/mol. The fraction of sp³-hybridized carbons (Fsp3) is 0.111. The van der Waals surface area contributed by atoms with Crippen molar-refractivity contribution in [3.63, 3.8) is 0 Å². The molecule has 2 nitrogen and oxygen atoms in total. The molecule has 0 unspecified atom stereocenters. The number of halogens is 1. The van der Waals surface area contributed by atoms with Crippen LogP contribution in [0.25, 0.3) is 11.1 Å². The van der Waals surface area contributed by atoms with Gasteiger partial charge in [0.15, 0.2) is 0 Å². The van der Waals surface area contributed by atoms with E-state index in [1.54, 1.807) is 12.1 Å². The van der Waals surface area contributed by atoms with Gasteiger partial charge in [-0.2, -0.15) is 0 Å². The van der Waals surface area contributed by atoms with E-state index in [1.807, 2.05) is 49.6 Å². The highest BCUT2D eigenvalue weighted by molar-refractivity contribution is 7.98. The van der Waals surface area contributed by atoms with Crippen molar-refractivity contribution in [1.29, 1.82) is 0 Å². The van der Waals surface area contributed by atoms with E-state index in [9.17, 15) is 8.42 Å². The highest BCUT2D eigenvalue weighted by Crippen LogP contribution is 2.36. The quantitative estimate of drug-likeness (QED) is 0.514. The second kappa shape index (κ2) is 6.92. The summed E-state index contributed by atoms with van der Waals surface area (Å²) < 4.78 is 26.3. The molecule has 0 N–H and O–H groups in total. The third-order valence-electron chi connectivity index (χ3n) is 3.63. The highest BCUT2D eigenvalue weighted by atomic mass is 35.5. The van der Waals surface area contributed by atoms with E-state index < -0.39 is 9.84 Å². The molecule has 0 amide bonds. The van der Waals surface area contributed by atoms with Gasteiger partial charge in [-0.1, -0.05) is 41.9 Å². The van der Waals surface area contributed by atoms with Crippen LogP contribution in [0.1, 0.15) is 4.88 Å².